The molecule has 9 heteroatoms. The molecule has 2 aromatic carbocycles. The summed E-state index contributed by atoms with van der Waals surface area (Å²) in [6, 6.07) is 11.9. The molecule has 144 valence electrons. The number of amides is 3. The van der Waals surface area contributed by atoms with Crippen LogP contribution in [0.4, 0.5) is 29.3 Å². The first-order chi connectivity index (χ1) is 13.2. The van der Waals surface area contributed by atoms with Crippen molar-refractivity contribution in [2.45, 2.75) is 6.18 Å². The van der Waals surface area contributed by atoms with Gasteiger partial charge in [-0.15, -0.1) is 0 Å². The molecule has 0 aliphatic carbocycles. The maximum absolute atomic E-state index is 12.5. The first-order valence-corrected chi connectivity index (χ1v) is 8.07. The van der Waals surface area contributed by atoms with Gasteiger partial charge in [0.25, 0.3) is 5.91 Å². The van der Waals surface area contributed by atoms with Crippen molar-refractivity contribution in [3.63, 3.8) is 0 Å². The van der Waals surface area contributed by atoms with Gasteiger partial charge in [-0.1, -0.05) is 12.1 Å². The summed E-state index contributed by atoms with van der Waals surface area (Å²) in [5.41, 5.74) is 6.83. The SMILES string of the molecule is NC(=O)c1[nH]ccc1-c1ccc(NC(=O)Nc2ccc(C(F)(F)F)cc2)cc1. The molecule has 5 N–H and O–H groups in total. The van der Waals surface area contributed by atoms with Gasteiger partial charge in [0.1, 0.15) is 5.69 Å². The Morgan fingerprint density at radius 2 is 1.39 bits per heavy atom. The van der Waals surface area contributed by atoms with E-state index in [9.17, 15) is 22.8 Å². The number of nitrogens with one attached hydrogen (secondary N) is 3. The van der Waals surface area contributed by atoms with Crippen molar-refractivity contribution >= 4 is 23.3 Å². The Labute approximate surface area is 157 Å². The molecule has 0 aliphatic heterocycles. The molecule has 0 spiro atoms. The number of primary amides is 1. The van der Waals surface area contributed by atoms with Gasteiger partial charge in [0.05, 0.1) is 5.56 Å². The number of halogens is 3. The summed E-state index contributed by atoms with van der Waals surface area (Å²) in [6.07, 6.45) is -2.84. The Hall–Kier alpha value is -3.75. The molecule has 6 nitrogen and oxygen atoms in total. The molecule has 0 radical (unpaired) electrons. The van der Waals surface area contributed by atoms with Crippen LogP contribution in [-0.4, -0.2) is 16.9 Å². The van der Waals surface area contributed by atoms with Crippen LogP contribution in [-0.2, 0) is 6.18 Å². The fourth-order valence-electron chi connectivity index (χ4n) is 2.58. The number of nitrogens with two attached hydrogens (primary N) is 1. The predicted molar refractivity (Wildman–Crippen MR) is 98.8 cm³/mol. The Morgan fingerprint density at radius 3 is 1.89 bits per heavy atom. The molecule has 0 fully saturated rings. The van der Waals surface area contributed by atoms with Gasteiger partial charge in [-0.05, 0) is 48.0 Å². The van der Waals surface area contributed by atoms with E-state index in [2.05, 4.69) is 15.6 Å². The summed E-state index contributed by atoms with van der Waals surface area (Å²) < 4.78 is 37.6. The minimum atomic E-state index is -4.43. The zero-order chi connectivity index (χ0) is 20.3. The van der Waals surface area contributed by atoms with Gasteiger partial charge in [-0.2, -0.15) is 13.2 Å². The quantitative estimate of drug-likeness (QED) is 0.531. The fourth-order valence-corrected chi connectivity index (χ4v) is 2.58. The zero-order valence-electron chi connectivity index (χ0n) is 14.3. The van der Waals surface area contributed by atoms with E-state index >= 15 is 0 Å². The van der Waals surface area contributed by atoms with Gasteiger partial charge < -0.3 is 21.4 Å². The summed E-state index contributed by atoms with van der Waals surface area (Å²) >= 11 is 0. The van der Waals surface area contributed by atoms with Crippen LogP contribution in [0.15, 0.2) is 60.8 Å². The number of anilines is 2. The number of carbonyl (C=O) groups excluding carboxylic acids is 2. The highest BCUT2D eigenvalue weighted by molar-refractivity contribution is 6.00. The molecule has 1 aromatic heterocycles. The van der Waals surface area contributed by atoms with E-state index in [0.717, 1.165) is 17.7 Å². The van der Waals surface area contributed by atoms with Crippen molar-refractivity contribution in [1.82, 2.24) is 4.98 Å². The Bertz CT molecular complexity index is 993. The zero-order valence-corrected chi connectivity index (χ0v) is 14.3. The highest BCUT2D eigenvalue weighted by Crippen LogP contribution is 2.30. The monoisotopic (exact) mass is 388 g/mol. The number of urea groups is 1. The van der Waals surface area contributed by atoms with Gasteiger partial charge in [0.15, 0.2) is 0 Å². The van der Waals surface area contributed by atoms with Gasteiger partial charge in [0.2, 0.25) is 0 Å². The van der Waals surface area contributed by atoms with Crippen LogP contribution >= 0.6 is 0 Å². The lowest BCUT2D eigenvalue weighted by molar-refractivity contribution is -0.137. The van der Waals surface area contributed by atoms with Crippen LogP contribution in [0.2, 0.25) is 0 Å². The van der Waals surface area contributed by atoms with Crippen molar-refractivity contribution in [1.29, 1.82) is 0 Å². The number of aromatic nitrogens is 1. The van der Waals surface area contributed by atoms with E-state index in [1.54, 1.807) is 36.5 Å². The fraction of sp³-hybridized carbons (Fsp3) is 0.0526. The van der Waals surface area contributed by atoms with Crippen molar-refractivity contribution in [3.8, 4) is 11.1 Å². The second-order valence-corrected chi connectivity index (χ2v) is 5.86. The third-order valence-corrected chi connectivity index (χ3v) is 3.92. The predicted octanol–water partition coefficient (Wildman–Crippen LogP) is 4.44. The molecule has 3 rings (SSSR count). The van der Waals surface area contributed by atoms with Crippen LogP contribution in [0.1, 0.15) is 16.1 Å². The lowest BCUT2D eigenvalue weighted by Gasteiger charge is -2.10. The van der Waals surface area contributed by atoms with E-state index in [1.165, 1.54) is 12.1 Å². The Balaban J connectivity index is 1.65. The van der Waals surface area contributed by atoms with Crippen LogP contribution < -0.4 is 16.4 Å². The van der Waals surface area contributed by atoms with Crippen molar-refractivity contribution < 1.29 is 22.8 Å². The molecule has 0 aliphatic rings. The minimum absolute atomic E-state index is 0.223. The molecule has 0 saturated heterocycles. The maximum Gasteiger partial charge on any atom is 0.416 e. The molecule has 0 saturated carbocycles. The topological polar surface area (TPSA) is 100 Å². The van der Waals surface area contributed by atoms with Crippen LogP contribution in [0.5, 0.6) is 0 Å². The van der Waals surface area contributed by atoms with E-state index < -0.39 is 23.7 Å². The first-order valence-electron chi connectivity index (χ1n) is 8.07. The lowest BCUT2D eigenvalue weighted by atomic mass is 10.1. The molecular weight excluding hydrogens is 373 g/mol. The Kier molecular flexibility index (Phi) is 5.08. The molecule has 3 aromatic rings. The number of carbonyl (C=O) groups is 2. The van der Waals surface area contributed by atoms with Crippen molar-refractivity contribution in [2.24, 2.45) is 5.73 Å². The van der Waals surface area contributed by atoms with Crippen LogP contribution in [0.3, 0.4) is 0 Å². The molecule has 0 bridgehead atoms. The second kappa shape index (κ2) is 7.47. The first kappa shape index (κ1) is 19.0. The molecular formula is C19H15F3N4O2. The van der Waals surface area contributed by atoms with Crippen LogP contribution in [0, 0.1) is 0 Å². The summed E-state index contributed by atoms with van der Waals surface area (Å²) in [7, 11) is 0. The smallest absolute Gasteiger partial charge is 0.364 e. The number of alkyl halides is 3. The third kappa shape index (κ3) is 4.32. The number of benzene rings is 2. The van der Waals surface area contributed by atoms with Gasteiger partial charge in [0, 0.05) is 23.1 Å². The maximum atomic E-state index is 12.5. The molecule has 0 atom stereocenters. The van der Waals surface area contributed by atoms with Gasteiger partial charge in [-0.25, -0.2) is 4.79 Å². The summed E-state index contributed by atoms with van der Waals surface area (Å²) in [5.74, 6) is -0.585. The van der Waals surface area contributed by atoms with Gasteiger partial charge >= 0.3 is 12.2 Å². The largest absolute Gasteiger partial charge is 0.416 e. The molecule has 3 amide bonds. The third-order valence-electron chi connectivity index (χ3n) is 3.92. The minimum Gasteiger partial charge on any atom is -0.364 e. The average Bonchev–Trinajstić information content (AvgIpc) is 3.12. The lowest BCUT2D eigenvalue weighted by Crippen LogP contribution is -2.19. The molecule has 0 unspecified atom stereocenters. The normalized spacial score (nSPS) is 11.1. The number of rotatable bonds is 4. The molecule has 1 heterocycles. The Morgan fingerprint density at radius 1 is 0.857 bits per heavy atom. The number of hydrogen-bond acceptors (Lipinski definition) is 2. The number of aromatic amines is 1. The summed E-state index contributed by atoms with van der Waals surface area (Å²) in [5, 5.41) is 5.03. The van der Waals surface area contributed by atoms with Crippen molar-refractivity contribution in [3.05, 3.63) is 72.1 Å². The molecule has 28 heavy (non-hydrogen) atoms. The number of H-pyrrole nitrogens is 1. The van der Waals surface area contributed by atoms with E-state index in [0.29, 0.717) is 11.3 Å². The van der Waals surface area contributed by atoms with E-state index in [4.69, 9.17) is 5.73 Å². The highest BCUT2D eigenvalue weighted by atomic mass is 19.4. The van der Waals surface area contributed by atoms with Crippen molar-refractivity contribution in [2.75, 3.05) is 10.6 Å². The van der Waals surface area contributed by atoms with Crippen LogP contribution in [0.25, 0.3) is 11.1 Å². The summed E-state index contributed by atoms with van der Waals surface area (Å²) in [4.78, 5) is 26.2. The average molecular weight is 388 g/mol. The highest BCUT2D eigenvalue weighted by Gasteiger charge is 2.29. The summed E-state index contributed by atoms with van der Waals surface area (Å²) in [6.45, 7) is 0. The number of hydrogen-bond donors (Lipinski definition) is 4. The van der Waals surface area contributed by atoms with Gasteiger partial charge in [-0.3, -0.25) is 4.79 Å². The van der Waals surface area contributed by atoms with E-state index in [-0.39, 0.29) is 11.4 Å². The second-order valence-electron chi connectivity index (χ2n) is 5.86. The standard InChI is InChI=1S/C19H15F3N4O2/c20-19(21,22)12-3-7-14(8-4-12)26-18(28)25-13-5-1-11(2-6-13)15-9-10-24-16(15)17(23)27/h1-10,24H,(H2,23,27)(H2,25,26,28). The van der Waals surface area contributed by atoms with E-state index in [1.807, 2.05) is 0 Å².